The Morgan fingerprint density at radius 2 is 2.06 bits per heavy atom. The first kappa shape index (κ1) is 14.2. The number of benzene rings is 1. The lowest BCUT2D eigenvalue weighted by Crippen LogP contribution is -2.14. The van der Waals surface area contributed by atoms with E-state index in [0.29, 0.717) is 13.2 Å². The zero-order valence-corrected chi connectivity index (χ0v) is 11.3. The van der Waals surface area contributed by atoms with E-state index in [1.54, 1.807) is 7.11 Å². The van der Waals surface area contributed by atoms with Gasteiger partial charge in [-0.3, -0.25) is 0 Å². The second-order valence-electron chi connectivity index (χ2n) is 4.92. The Balaban J connectivity index is 2.92. The topological polar surface area (TPSA) is 67.2 Å². The molecule has 0 radical (unpaired) electrons. The molecule has 5 nitrogen and oxygen atoms in total. The van der Waals surface area contributed by atoms with Crippen LogP contribution in [-0.2, 0) is 5.41 Å². The van der Waals surface area contributed by atoms with Gasteiger partial charge < -0.3 is 9.47 Å². The van der Waals surface area contributed by atoms with E-state index >= 15 is 0 Å². The minimum absolute atomic E-state index is 0.0393. The van der Waals surface area contributed by atoms with Crippen LogP contribution in [0.5, 0.6) is 11.5 Å². The molecular formula is C13H19N3O2. The molecule has 0 heterocycles. The lowest BCUT2D eigenvalue weighted by Gasteiger charge is -2.23. The number of rotatable bonds is 5. The summed E-state index contributed by atoms with van der Waals surface area (Å²) in [5, 5.41) is 3.44. The van der Waals surface area contributed by atoms with E-state index in [2.05, 4.69) is 30.8 Å². The van der Waals surface area contributed by atoms with E-state index in [-0.39, 0.29) is 5.41 Å². The normalized spacial score (nSPS) is 10.7. The molecule has 1 rings (SSSR count). The summed E-state index contributed by atoms with van der Waals surface area (Å²) in [4.78, 5) is 2.69. The first-order valence-corrected chi connectivity index (χ1v) is 5.81. The third-order valence-corrected chi connectivity index (χ3v) is 2.51. The van der Waals surface area contributed by atoms with Crippen LogP contribution >= 0.6 is 0 Å². The average Bonchev–Trinajstić information content (AvgIpc) is 2.33. The number of hydrogen-bond acceptors (Lipinski definition) is 3. The first-order chi connectivity index (χ1) is 8.49. The molecule has 0 fully saturated rings. The summed E-state index contributed by atoms with van der Waals surface area (Å²) in [7, 11) is 1.64. The molecule has 5 heteroatoms. The third-order valence-electron chi connectivity index (χ3n) is 2.51. The fourth-order valence-corrected chi connectivity index (χ4v) is 1.59. The summed E-state index contributed by atoms with van der Waals surface area (Å²) < 4.78 is 10.9. The molecule has 0 N–H and O–H groups in total. The molecule has 98 valence electrons. The van der Waals surface area contributed by atoms with Gasteiger partial charge in [-0.05, 0) is 29.1 Å². The third kappa shape index (κ3) is 3.86. The Morgan fingerprint density at radius 3 is 2.61 bits per heavy atom. The van der Waals surface area contributed by atoms with Crippen molar-refractivity contribution in [3.05, 3.63) is 34.2 Å². The van der Waals surface area contributed by atoms with Crippen molar-refractivity contribution >= 4 is 0 Å². The van der Waals surface area contributed by atoms with E-state index < -0.39 is 0 Å². The van der Waals surface area contributed by atoms with Crippen LogP contribution in [0.15, 0.2) is 23.3 Å². The zero-order valence-electron chi connectivity index (χ0n) is 11.3. The van der Waals surface area contributed by atoms with E-state index in [1.807, 2.05) is 18.2 Å². The van der Waals surface area contributed by atoms with Crippen molar-refractivity contribution in [1.82, 2.24) is 0 Å². The largest absolute Gasteiger partial charge is 0.497 e. The van der Waals surface area contributed by atoms with Gasteiger partial charge in [-0.2, -0.15) is 0 Å². The van der Waals surface area contributed by atoms with Crippen LogP contribution in [0.1, 0.15) is 26.3 Å². The molecule has 0 bridgehead atoms. The summed E-state index contributed by atoms with van der Waals surface area (Å²) in [6.07, 6.45) is 0. The highest BCUT2D eigenvalue weighted by molar-refractivity contribution is 5.44. The molecular weight excluding hydrogens is 230 g/mol. The van der Waals surface area contributed by atoms with Crippen molar-refractivity contribution in [2.24, 2.45) is 5.11 Å². The summed E-state index contributed by atoms with van der Waals surface area (Å²) >= 11 is 0. The molecule has 0 aromatic heterocycles. The highest BCUT2D eigenvalue weighted by Crippen LogP contribution is 2.34. The van der Waals surface area contributed by atoms with Crippen molar-refractivity contribution in [2.45, 2.75) is 26.2 Å². The van der Waals surface area contributed by atoms with Crippen molar-refractivity contribution in [3.63, 3.8) is 0 Å². The zero-order chi connectivity index (χ0) is 13.6. The molecule has 0 aliphatic heterocycles. The van der Waals surface area contributed by atoms with Gasteiger partial charge in [0, 0.05) is 10.5 Å². The molecule has 1 aromatic rings. The predicted octanol–water partition coefficient (Wildman–Crippen LogP) is 3.68. The van der Waals surface area contributed by atoms with Gasteiger partial charge in [0.05, 0.1) is 20.3 Å². The van der Waals surface area contributed by atoms with Crippen LogP contribution in [0.25, 0.3) is 10.4 Å². The van der Waals surface area contributed by atoms with Crippen LogP contribution in [0, 0.1) is 0 Å². The van der Waals surface area contributed by atoms with Gasteiger partial charge in [-0.25, -0.2) is 0 Å². The molecule has 0 amide bonds. The summed E-state index contributed by atoms with van der Waals surface area (Å²) in [6, 6.07) is 5.72. The molecule has 0 saturated carbocycles. The summed E-state index contributed by atoms with van der Waals surface area (Å²) in [5.41, 5.74) is 9.23. The minimum atomic E-state index is -0.0393. The quantitative estimate of drug-likeness (QED) is 0.345. The molecule has 1 aromatic carbocycles. The fourth-order valence-electron chi connectivity index (χ4n) is 1.59. The number of azide groups is 1. The Labute approximate surface area is 107 Å². The maximum atomic E-state index is 8.20. The maximum absolute atomic E-state index is 8.20. The molecule has 0 unspecified atom stereocenters. The summed E-state index contributed by atoms with van der Waals surface area (Å²) in [6.45, 7) is 7.04. The van der Waals surface area contributed by atoms with Gasteiger partial charge in [-0.1, -0.05) is 25.9 Å². The maximum Gasteiger partial charge on any atom is 0.123 e. The van der Waals surface area contributed by atoms with Gasteiger partial charge in [0.2, 0.25) is 0 Å². The monoisotopic (exact) mass is 249 g/mol. The predicted molar refractivity (Wildman–Crippen MR) is 71.2 cm³/mol. The van der Waals surface area contributed by atoms with Crippen LogP contribution < -0.4 is 9.47 Å². The van der Waals surface area contributed by atoms with Crippen LogP contribution in [-0.4, -0.2) is 20.3 Å². The molecule has 0 aliphatic carbocycles. The highest BCUT2D eigenvalue weighted by Gasteiger charge is 2.19. The smallest absolute Gasteiger partial charge is 0.123 e. The summed E-state index contributed by atoms with van der Waals surface area (Å²) in [5.74, 6) is 1.61. The Hall–Kier alpha value is -1.87. The van der Waals surface area contributed by atoms with E-state index in [0.717, 1.165) is 17.1 Å². The number of ether oxygens (including phenoxy) is 2. The minimum Gasteiger partial charge on any atom is -0.497 e. The number of methoxy groups -OCH3 is 1. The van der Waals surface area contributed by atoms with Crippen molar-refractivity contribution in [1.29, 1.82) is 0 Å². The Bertz CT molecular complexity index is 446. The van der Waals surface area contributed by atoms with Crippen molar-refractivity contribution in [2.75, 3.05) is 20.3 Å². The molecule has 0 saturated heterocycles. The van der Waals surface area contributed by atoms with Crippen molar-refractivity contribution in [3.8, 4) is 11.5 Å². The van der Waals surface area contributed by atoms with Crippen LogP contribution in [0.4, 0.5) is 0 Å². The Morgan fingerprint density at radius 1 is 1.33 bits per heavy atom. The average molecular weight is 249 g/mol. The second-order valence-corrected chi connectivity index (χ2v) is 4.92. The van der Waals surface area contributed by atoms with Crippen LogP contribution in [0.3, 0.4) is 0 Å². The van der Waals surface area contributed by atoms with E-state index in [9.17, 15) is 0 Å². The van der Waals surface area contributed by atoms with Gasteiger partial charge >= 0.3 is 0 Å². The Kier molecular flexibility index (Phi) is 4.86. The van der Waals surface area contributed by atoms with Gasteiger partial charge in [0.25, 0.3) is 0 Å². The highest BCUT2D eigenvalue weighted by atomic mass is 16.5. The van der Waals surface area contributed by atoms with E-state index in [1.165, 1.54) is 0 Å². The van der Waals surface area contributed by atoms with Gasteiger partial charge in [0.1, 0.15) is 11.5 Å². The SMILES string of the molecule is COc1ccc(OCCN=[N+]=[N-])c(C(C)(C)C)c1. The lowest BCUT2D eigenvalue weighted by molar-refractivity contribution is 0.317. The van der Waals surface area contributed by atoms with Crippen LogP contribution in [0.2, 0.25) is 0 Å². The first-order valence-electron chi connectivity index (χ1n) is 5.81. The van der Waals surface area contributed by atoms with Crippen molar-refractivity contribution < 1.29 is 9.47 Å². The molecule has 18 heavy (non-hydrogen) atoms. The lowest BCUT2D eigenvalue weighted by atomic mass is 9.86. The molecule has 0 spiro atoms. The second kappa shape index (κ2) is 6.17. The molecule has 0 aliphatic rings. The molecule has 0 atom stereocenters. The number of hydrogen-bond donors (Lipinski definition) is 0. The van der Waals surface area contributed by atoms with Gasteiger partial charge in [0.15, 0.2) is 0 Å². The number of nitrogens with zero attached hydrogens (tertiary/aromatic N) is 3. The van der Waals surface area contributed by atoms with Gasteiger partial charge in [-0.15, -0.1) is 0 Å². The fraction of sp³-hybridized carbons (Fsp3) is 0.538. The standard InChI is InChI=1S/C13H19N3O2/c1-13(2,3)11-9-10(17-4)5-6-12(11)18-8-7-15-16-14/h5-6,9H,7-8H2,1-4H3. The van der Waals surface area contributed by atoms with E-state index in [4.69, 9.17) is 15.0 Å².